The van der Waals surface area contributed by atoms with Gasteiger partial charge in [-0.05, 0) is 32.0 Å². The molecule has 5 nitrogen and oxygen atoms in total. The van der Waals surface area contributed by atoms with Gasteiger partial charge in [0.2, 0.25) is 5.91 Å². The Balaban J connectivity index is 0.00000324. The number of carbonyl (C=O) groups excluding carboxylic acids is 2. The van der Waals surface area contributed by atoms with Crippen LogP contribution in [0.1, 0.15) is 24.2 Å². The second-order valence-corrected chi connectivity index (χ2v) is 3.90. The summed E-state index contributed by atoms with van der Waals surface area (Å²) in [4.78, 5) is 25.1. The third-order valence-electron chi connectivity index (χ3n) is 2.51. The van der Waals surface area contributed by atoms with E-state index in [0.29, 0.717) is 24.3 Å². The van der Waals surface area contributed by atoms with Gasteiger partial charge >= 0.3 is 0 Å². The SMILES string of the molecule is CCNC(=O)CN(CC)C(=O)c1cccc(N)c1.Cl. The molecule has 0 aromatic heterocycles. The number of amides is 2. The summed E-state index contributed by atoms with van der Waals surface area (Å²) in [7, 11) is 0. The van der Waals surface area contributed by atoms with E-state index in [2.05, 4.69) is 5.32 Å². The van der Waals surface area contributed by atoms with Crippen LogP contribution in [0.15, 0.2) is 24.3 Å². The predicted octanol–water partition coefficient (Wildman–Crippen LogP) is 1.29. The van der Waals surface area contributed by atoms with Gasteiger partial charge in [0.05, 0.1) is 6.54 Å². The zero-order valence-corrected chi connectivity index (χ0v) is 12.0. The molecule has 0 atom stereocenters. The summed E-state index contributed by atoms with van der Waals surface area (Å²) in [6, 6.07) is 6.75. The van der Waals surface area contributed by atoms with Crippen LogP contribution in [0.5, 0.6) is 0 Å². The molecule has 106 valence electrons. The Morgan fingerprint density at radius 3 is 2.53 bits per heavy atom. The fourth-order valence-electron chi connectivity index (χ4n) is 1.61. The smallest absolute Gasteiger partial charge is 0.254 e. The third kappa shape index (κ3) is 5.18. The van der Waals surface area contributed by atoms with Crippen LogP contribution in [0.2, 0.25) is 0 Å². The Labute approximate surface area is 119 Å². The van der Waals surface area contributed by atoms with E-state index < -0.39 is 0 Å². The Bertz CT molecular complexity index is 438. The number of benzene rings is 1. The molecule has 0 fully saturated rings. The number of nitrogens with zero attached hydrogens (tertiary/aromatic N) is 1. The van der Waals surface area contributed by atoms with E-state index in [1.165, 1.54) is 4.90 Å². The van der Waals surface area contributed by atoms with E-state index in [1.807, 2.05) is 13.8 Å². The average Bonchev–Trinajstić information content (AvgIpc) is 2.35. The minimum Gasteiger partial charge on any atom is -0.399 e. The van der Waals surface area contributed by atoms with Gasteiger partial charge in [-0.3, -0.25) is 9.59 Å². The minimum atomic E-state index is -0.184. The lowest BCUT2D eigenvalue weighted by Crippen LogP contribution is -2.40. The number of halogens is 1. The van der Waals surface area contributed by atoms with Crippen LogP contribution in [0.25, 0.3) is 0 Å². The molecule has 0 aliphatic rings. The maximum Gasteiger partial charge on any atom is 0.254 e. The monoisotopic (exact) mass is 285 g/mol. The maximum absolute atomic E-state index is 12.2. The number of likely N-dealkylation sites (N-methyl/N-ethyl adjacent to an activating group) is 2. The lowest BCUT2D eigenvalue weighted by molar-refractivity contribution is -0.121. The molecule has 3 N–H and O–H groups in total. The predicted molar refractivity (Wildman–Crippen MR) is 78.4 cm³/mol. The second-order valence-electron chi connectivity index (χ2n) is 3.90. The van der Waals surface area contributed by atoms with Crippen molar-refractivity contribution in [3.63, 3.8) is 0 Å². The maximum atomic E-state index is 12.2. The molecule has 1 rings (SSSR count). The Hall–Kier alpha value is -1.75. The first-order chi connectivity index (χ1) is 8.58. The summed E-state index contributed by atoms with van der Waals surface area (Å²) < 4.78 is 0. The molecule has 0 saturated carbocycles. The molecule has 19 heavy (non-hydrogen) atoms. The van der Waals surface area contributed by atoms with Crippen molar-refractivity contribution in [1.29, 1.82) is 0 Å². The topological polar surface area (TPSA) is 75.4 Å². The molecule has 1 aromatic rings. The molecule has 6 heteroatoms. The quantitative estimate of drug-likeness (QED) is 0.801. The molecule has 0 aliphatic heterocycles. The van der Waals surface area contributed by atoms with Gasteiger partial charge in [0.1, 0.15) is 0 Å². The molecule has 2 amide bonds. The van der Waals surface area contributed by atoms with Crippen LogP contribution in [0.3, 0.4) is 0 Å². The molecule has 0 bridgehead atoms. The van der Waals surface area contributed by atoms with Crippen molar-refractivity contribution in [2.24, 2.45) is 0 Å². The zero-order chi connectivity index (χ0) is 13.5. The summed E-state index contributed by atoms with van der Waals surface area (Å²) in [6.45, 7) is 4.78. The number of hydrogen-bond donors (Lipinski definition) is 2. The number of hydrogen-bond acceptors (Lipinski definition) is 3. The third-order valence-corrected chi connectivity index (χ3v) is 2.51. The highest BCUT2D eigenvalue weighted by molar-refractivity contribution is 5.97. The lowest BCUT2D eigenvalue weighted by Gasteiger charge is -2.20. The number of nitrogens with one attached hydrogen (secondary N) is 1. The minimum absolute atomic E-state index is 0. The van der Waals surface area contributed by atoms with E-state index in [4.69, 9.17) is 5.73 Å². The van der Waals surface area contributed by atoms with Crippen molar-refractivity contribution in [2.75, 3.05) is 25.4 Å². The largest absolute Gasteiger partial charge is 0.399 e. The molecule has 0 radical (unpaired) electrons. The summed E-state index contributed by atoms with van der Waals surface area (Å²) >= 11 is 0. The molecule has 1 aromatic carbocycles. The van der Waals surface area contributed by atoms with E-state index in [9.17, 15) is 9.59 Å². The van der Waals surface area contributed by atoms with Crippen molar-refractivity contribution in [2.45, 2.75) is 13.8 Å². The highest BCUT2D eigenvalue weighted by atomic mass is 35.5. The van der Waals surface area contributed by atoms with E-state index in [0.717, 1.165) is 0 Å². The van der Waals surface area contributed by atoms with Gasteiger partial charge in [0, 0.05) is 24.3 Å². The van der Waals surface area contributed by atoms with Crippen molar-refractivity contribution in [1.82, 2.24) is 10.2 Å². The van der Waals surface area contributed by atoms with Crippen LogP contribution < -0.4 is 11.1 Å². The van der Waals surface area contributed by atoms with Crippen LogP contribution in [-0.2, 0) is 4.79 Å². The fraction of sp³-hybridized carbons (Fsp3) is 0.385. The van der Waals surface area contributed by atoms with Gasteiger partial charge in [0.15, 0.2) is 0 Å². The van der Waals surface area contributed by atoms with Crippen molar-refractivity contribution in [3.05, 3.63) is 29.8 Å². The van der Waals surface area contributed by atoms with E-state index in [1.54, 1.807) is 24.3 Å². The molecular weight excluding hydrogens is 266 g/mol. The van der Waals surface area contributed by atoms with Gasteiger partial charge < -0.3 is 16.0 Å². The number of rotatable bonds is 5. The number of carbonyl (C=O) groups is 2. The Kier molecular flexibility index (Phi) is 7.60. The van der Waals surface area contributed by atoms with Crippen LogP contribution >= 0.6 is 12.4 Å². The molecular formula is C13H20ClN3O2. The Morgan fingerprint density at radius 2 is 2.00 bits per heavy atom. The first-order valence-electron chi connectivity index (χ1n) is 6.00. The van der Waals surface area contributed by atoms with Crippen molar-refractivity contribution >= 4 is 29.9 Å². The summed E-state index contributed by atoms with van der Waals surface area (Å²) in [5.41, 5.74) is 6.67. The van der Waals surface area contributed by atoms with Gasteiger partial charge in [-0.15, -0.1) is 12.4 Å². The average molecular weight is 286 g/mol. The summed E-state index contributed by atoms with van der Waals surface area (Å²) in [6.07, 6.45) is 0. The summed E-state index contributed by atoms with van der Waals surface area (Å²) in [5, 5.41) is 2.67. The highest BCUT2D eigenvalue weighted by Crippen LogP contribution is 2.09. The second kappa shape index (κ2) is 8.37. The van der Waals surface area contributed by atoms with Crippen LogP contribution in [0.4, 0.5) is 5.69 Å². The molecule has 0 heterocycles. The van der Waals surface area contributed by atoms with Crippen LogP contribution in [0, 0.1) is 0 Å². The highest BCUT2D eigenvalue weighted by Gasteiger charge is 2.16. The van der Waals surface area contributed by atoms with Gasteiger partial charge in [-0.2, -0.15) is 0 Å². The molecule has 0 saturated heterocycles. The zero-order valence-electron chi connectivity index (χ0n) is 11.2. The van der Waals surface area contributed by atoms with Crippen LogP contribution in [-0.4, -0.2) is 36.3 Å². The molecule has 0 spiro atoms. The van der Waals surface area contributed by atoms with Gasteiger partial charge in [-0.25, -0.2) is 0 Å². The normalized spacial score (nSPS) is 9.37. The lowest BCUT2D eigenvalue weighted by atomic mass is 10.1. The van der Waals surface area contributed by atoms with Gasteiger partial charge in [0.25, 0.3) is 5.91 Å². The number of anilines is 1. The molecule has 0 aliphatic carbocycles. The first kappa shape index (κ1) is 17.2. The van der Waals surface area contributed by atoms with Crippen molar-refractivity contribution in [3.8, 4) is 0 Å². The number of nitrogen functional groups attached to an aromatic ring is 1. The van der Waals surface area contributed by atoms with E-state index >= 15 is 0 Å². The van der Waals surface area contributed by atoms with Gasteiger partial charge in [-0.1, -0.05) is 6.07 Å². The van der Waals surface area contributed by atoms with E-state index in [-0.39, 0.29) is 30.8 Å². The Morgan fingerprint density at radius 1 is 1.32 bits per heavy atom. The fourth-order valence-corrected chi connectivity index (χ4v) is 1.61. The standard InChI is InChI=1S/C13H19N3O2.ClH/c1-3-15-12(17)9-16(4-2)13(18)10-6-5-7-11(14)8-10;/h5-8H,3-4,9,14H2,1-2H3,(H,15,17);1H. The first-order valence-corrected chi connectivity index (χ1v) is 6.00. The molecule has 0 unspecified atom stereocenters. The summed E-state index contributed by atoms with van der Waals surface area (Å²) in [5.74, 6) is -0.340. The van der Waals surface area contributed by atoms with Crippen molar-refractivity contribution < 1.29 is 9.59 Å². The number of nitrogens with two attached hydrogens (primary N) is 1.